The lowest BCUT2D eigenvalue weighted by atomic mass is 9.92. The van der Waals surface area contributed by atoms with E-state index in [-0.39, 0.29) is 0 Å². The maximum Gasteiger partial charge on any atom is 0.0999 e. The molecule has 0 spiro atoms. The Bertz CT molecular complexity index is 1850. The van der Waals surface area contributed by atoms with E-state index in [1.54, 1.807) is 0 Å². The highest BCUT2D eigenvalue weighted by Crippen LogP contribution is 2.33. The number of nitrogens with zero attached hydrogens (tertiary/aromatic N) is 5. The first kappa shape index (κ1) is 21.8. The zero-order chi connectivity index (χ0) is 25.4. The van der Waals surface area contributed by atoms with Crippen LogP contribution in [-0.2, 0) is 0 Å². The highest BCUT2D eigenvalue weighted by atomic mass is 15.0. The average Bonchev–Trinajstić information content (AvgIpc) is 3.31. The van der Waals surface area contributed by atoms with Crippen LogP contribution in [0.25, 0.3) is 49.7 Å². The van der Waals surface area contributed by atoms with Gasteiger partial charge in [0.25, 0.3) is 0 Å². The molecule has 0 radical (unpaired) electrons. The summed E-state index contributed by atoms with van der Waals surface area (Å²) in [4.78, 5) is 4.32. The van der Waals surface area contributed by atoms with Gasteiger partial charge in [0, 0.05) is 34.4 Å². The van der Waals surface area contributed by atoms with Crippen molar-refractivity contribution in [2.45, 2.75) is 0 Å². The summed E-state index contributed by atoms with van der Waals surface area (Å²) in [7, 11) is 0. The normalized spacial score (nSPS) is 10.6. The molecule has 6 rings (SSSR count). The van der Waals surface area contributed by atoms with Crippen molar-refractivity contribution in [2.24, 2.45) is 0 Å². The Morgan fingerprint density at radius 1 is 0.595 bits per heavy atom. The van der Waals surface area contributed by atoms with Gasteiger partial charge in [-0.3, -0.25) is 4.98 Å². The third-order valence-corrected chi connectivity index (χ3v) is 6.61. The zero-order valence-corrected chi connectivity index (χ0v) is 19.6. The first-order valence-corrected chi connectivity index (χ1v) is 11.6. The Balaban J connectivity index is 1.38. The van der Waals surface area contributed by atoms with E-state index >= 15 is 0 Å². The summed E-state index contributed by atoms with van der Waals surface area (Å²) in [5, 5.41) is 30.7. The molecule has 0 aliphatic carbocycles. The standard InChI is InChI=1S/C32H17N5/c33-17-21-15-25(18-34)32(26(16-21)19-35)24-7-5-22(6-8-24)23-9-11-27(12-10-23)37-30-4-2-1-3-28(30)29-20-36-14-13-31(29)37/h1-16,20H. The minimum absolute atomic E-state index is 0.299. The third kappa shape index (κ3) is 3.58. The lowest BCUT2D eigenvalue weighted by molar-refractivity contribution is 1.17. The van der Waals surface area contributed by atoms with Crippen LogP contribution in [0, 0.1) is 34.0 Å². The summed E-state index contributed by atoms with van der Waals surface area (Å²) >= 11 is 0. The molecule has 4 aromatic carbocycles. The van der Waals surface area contributed by atoms with E-state index in [0.29, 0.717) is 22.3 Å². The summed E-state index contributed by atoms with van der Waals surface area (Å²) < 4.78 is 2.25. The van der Waals surface area contributed by atoms with Crippen LogP contribution in [0.15, 0.2) is 103 Å². The molecule has 0 fully saturated rings. The largest absolute Gasteiger partial charge is 0.309 e. The summed E-state index contributed by atoms with van der Waals surface area (Å²) in [6.45, 7) is 0. The number of hydrogen-bond donors (Lipinski definition) is 0. The molecule has 0 saturated heterocycles. The Morgan fingerprint density at radius 2 is 1.19 bits per heavy atom. The number of aromatic nitrogens is 2. The maximum atomic E-state index is 9.61. The molecule has 0 N–H and O–H groups in total. The monoisotopic (exact) mass is 471 g/mol. The zero-order valence-electron chi connectivity index (χ0n) is 19.6. The van der Waals surface area contributed by atoms with Crippen LogP contribution in [-0.4, -0.2) is 9.55 Å². The van der Waals surface area contributed by atoms with Crippen molar-refractivity contribution in [1.29, 1.82) is 15.8 Å². The van der Waals surface area contributed by atoms with Crippen LogP contribution in [0.2, 0.25) is 0 Å². The molecule has 170 valence electrons. The quantitative estimate of drug-likeness (QED) is 0.275. The highest BCUT2D eigenvalue weighted by molar-refractivity contribution is 6.08. The predicted octanol–water partition coefficient (Wildman–Crippen LogP) is 7.13. The summed E-state index contributed by atoms with van der Waals surface area (Å²) in [6, 6.07) is 35.9. The summed E-state index contributed by atoms with van der Waals surface area (Å²) in [5.74, 6) is 0. The van der Waals surface area contributed by atoms with E-state index in [4.69, 9.17) is 0 Å². The first-order chi connectivity index (χ1) is 18.2. The van der Waals surface area contributed by atoms with Gasteiger partial charge < -0.3 is 4.57 Å². The van der Waals surface area contributed by atoms with E-state index in [9.17, 15) is 15.8 Å². The van der Waals surface area contributed by atoms with Crippen LogP contribution in [0.1, 0.15) is 16.7 Å². The highest BCUT2D eigenvalue weighted by Gasteiger charge is 2.14. The SMILES string of the molecule is N#Cc1cc(C#N)c(-c2ccc(-c3ccc(-n4c5ccccc5c5cnccc54)cc3)cc2)c(C#N)c1. The minimum atomic E-state index is 0.299. The molecule has 5 nitrogen and oxygen atoms in total. The number of hydrogen-bond acceptors (Lipinski definition) is 4. The van der Waals surface area contributed by atoms with Gasteiger partial charge in [-0.05, 0) is 53.1 Å². The van der Waals surface area contributed by atoms with E-state index < -0.39 is 0 Å². The Morgan fingerprint density at radius 3 is 1.84 bits per heavy atom. The van der Waals surface area contributed by atoms with Crippen LogP contribution < -0.4 is 0 Å². The van der Waals surface area contributed by atoms with Crippen LogP contribution >= 0.6 is 0 Å². The number of pyridine rings is 1. The maximum absolute atomic E-state index is 9.61. The first-order valence-electron chi connectivity index (χ1n) is 11.6. The molecule has 37 heavy (non-hydrogen) atoms. The van der Waals surface area contributed by atoms with E-state index in [1.165, 1.54) is 17.5 Å². The third-order valence-electron chi connectivity index (χ3n) is 6.61. The van der Waals surface area contributed by atoms with Crippen molar-refractivity contribution in [2.75, 3.05) is 0 Å². The van der Waals surface area contributed by atoms with Crippen molar-refractivity contribution in [1.82, 2.24) is 9.55 Å². The molecule has 0 aliphatic heterocycles. The van der Waals surface area contributed by atoms with E-state index in [0.717, 1.165) is 38.8 Å². The second-order valence-electron chi connectivity index (χ2n) is 8.65. The number of benzene rings is 4. The van der Waals surface area contributed by atoms with E-state index in [1.807, 2.05) is 60.9 Å². The van der Waals surface area contributed by atoms with Gasteiger partial charge >= 0.3 is 0 Å². The molecule has 0 atom stereocenters. The van der Waals surface area contributed by atoms with Gasteiger partial charge in [-0.25, -0.2) is 0 Å². The number of para-hydroxylation sites is 1. The molecule has 2 heterocycles. The molecular weight excluding hydrogens is 454 g/mol. The van der Waals surface area contributed by atoms with Crippen molar-refractivity contribution >= 4 is 21.8 Å². The van der Waals surface area contributed by atoms with Gasteiger partial charge in [0.15, 0.2) is 0 Å². The van der Waals surface area contributed by atoms with Crippen LogP contribution in [0.4, 0.5) is 0 Å². The van der Waals surface area contributed by atoms with Crippen LogP contribution in [0.5, 0.6) is 0 Å². The molecule has 0 unspecified atom stereocenters. The number of rotatable bonds is 3. The lowest BCUT2D eigenvalue weighted by Gasteiger charge is -2.11. The minimum Gasteiger partial charge on any atom is -0.309 e. The smallest absolute Gasteiger partial charge is 0.0999 e. The van der Waals surface area contributed by atoms with Crippen LogP contribution in [0.3, 0.4) is 0 Å². The molecule has 0 amide bonds. The Labute approximate surface area is 213 Å². The fraction of sp³-hybridized carbons (Fsp3) is 0. The van der Waals surface area contributed by atoms with Gasteiger partial charge in [0.2, 0.25) is 0 Å². The van der Waals surface area contributed by atoms with Crippen molar-refractivity contribution in [3.63, 3.8) is 0 Å². The fourth-order valence-corrected chi connectivity index (χ4v) is 4.92. The predicted molar refractivity (Wildman–Crippen MR) is 144 cm³/mol. The molecule has 0 bridgehead atoms. The molecule has 0 saturated carbocycles. The van der Waals surface area contributed by atoms with Gasteiger partial charge in [0.1, 0.15) is 0 Å². The van der Waals surface area contributed by atoms with Crippen molar-refractivity contribution in [3.05, 3.63) is 120 Å². The average molecular weight is 472 g/mol. The van der Waals surface area contributed by atoms with Crippen molar-refractivity contribution < 1.29 is 0 Å². The lowest BCUT2D eigenvalue weighted by Crippen LogP contribution is -1.94. The van der Waals surface area contributed by atoms with Gasteiger partial charge in [-0.15, -0.1) is 0 Å². The van der Waals surface area contributed by atoms with Gasteiger partial charge in [-0.2, -0.15) is 15.8 Å². The van der Waals surface area contributed by atoms with Gasteiger partial charge in [0.05, 0.1) is 45.9 Å². The Hall–Kier alpha value is -5.70. The molecule has 0 aliphatic rings. The molecule has 5 heteroatoms. The second-order valence-corrected chi connectivity index (χ2v) is 8.65. The Kier molecular flexibility index (Phi) is 5.20. The summed E-state index contributed by atoms with van der Waals surface area (Å²) in [6.07, 6.45) is 3.73. The molecule has 6 aromatic rings. The number of fused-ring (bicyclic) bond motifs is 3. The number of nitriles is 3. The second kappa shape index (κ2) is 8.82. The summed E-state index contributed by atoms with van der Waals surface area (Å²) in [5.41, 5.74) is 7.61. The molecule has 2 aromatic heterocycles. The van der Waals surface area contributed by atoms with Gasteiger partial charge in [-0.1, -0.05) is 54.6 Å². The fourth-order valence-electron chi connectivity index (χ4n) is 4.92. The molecular formula is C32H17N5. The van der Waals surface area contributed by atoms with Crippen molar-refractivity contribution in [3.8, 4) is 46.1 Å². The topological polar surface area (TPSA) is 89.2 Å². The van der Waals surface area contributed by atoms with E-state index in [2.05, 4.69) is 58.1 Å².